The average molecular weight is 700 g/mol. The number of nitrogens with one attached hydrogen (secondary N) is 2. The Morgan fingerprint density at radius 3 is 2.35 bits per heavy atom. The number of carbonyl (C=O) groups excluding carboxylic acids is 2. The number of carboxylic acid groups (broad SMARTS) is 1. The summed E-state index contributed by atoms with van der Waals surface area (Å²) in [5.74, 6) is -2.32. The van der Waals surface area contributed by atoms with Gasteiger partial charge in [-0.15, -0.1) is 13.2 Å². The van der Waals surface area contributed by atoms with Gasteiger partial charge in [-0.3, -0.25) is 9.69 Å². The summed E-state index contributed by atoms with van der Waals surface area (Å²) in [5, 5.41) is 23.9. The Morgan fingerprint density at radius 1 is 0.922 bits per heavy atom. The standard InChI is InChI=1S/C39H36F3N3O6/c40-39(41,42)51-30-19-16-28-20-34(32-9-5-4-8-31(32)33(28)21-30)44-38(50)45(29-17-14-26(15-18-29)25-6-2-1-3-7-25)23-24-10-12-27(13-11-24)36(47)43-22-35(46)37(48)49/h4-6,8-19,21,34-35,46H,1-3,7,20,22-23H2,(H,43,47)(H,44,50)(H,48,49)/t34?,35-/m1/s1. The number of anilines is 1. The molecule has 51 heavy (non-hydrogen) atoms. The van der Waals surface area contributed by atoms with E-state index in [-0.39, 0.29) is 17.9 Å². The van der Waals surface area contributed by atoms with E-state index in [1.165, 1.54) is 17.7 Å². The quantitative estimate of drug-likeness (QED) is 0.137. The number of aliphatic carboxylic acids is 1. The summed E-state index contributed by atoms with van der Waals surface area (Å²) in [7, 11) is 0. The Balaban J connectivity index is 1.25. The summed E-state index contributed by atoms with van der Waals surface area (Å²) in [6, 6.07) is 24.9. The van der Waals surface area contributed by atoms with Gasteiger partial charge in [0.25, 0.3) is 5.91 Å². The number of benzene rings is 4. The Bertz CT molecular complexity index is 1940. The zero-order valence-corrected chi connectivity index (χ0v) is 27.5. The molecule has 0 spiro atoms. The Morgan fingerprint density at radius 2 is 1.67 bits per heavy atom. The molecular formula is C39H36F3N3O6. The summed E-state index contributed by atoms with van der Waals surface area (Å²) in [6.45, 7) is -0.315. The van der Waals surface area contributed by atoms with Crippen LogP contribution in [0.1, 0.15) is 64.3 Å². The summed E-state index contributed by atoms with van der Waals surface area (Å²) < 4.78 is 43.1. The van der Waals surface area contributed by atoms with Gasteiger partial charge in [-0.25, -0.2) is 9.59 Å². The number of allylic oxidation sites excluding steroid dienone is 2. The highest BCUT2D eigenvalue weighted by atomic mass is 19.4. The minimum absolute atomic E-state index is 0.136. The van der Waals surface area contributed by atoms with E-state index in [0.717, 1.165) is 42.4 Å². The van der Waals surface area contributed by atoms with Gasteiger partial charge in [-0.05, 0) is 107 Å². The number of aliphatic hydroxyl groups is 1. The minimum Gasteiger partial charge on any atom is -0.479 e. The van der Waals surface area contributed by atoms with Crippen molar-refractivity contribution in [2.75, 3.05) is 11.4 Å². The van der Waals surface area contributed by atoms with Crippen LogP contribution in [0.25, 0.3) is 16.7 Å². The van der Waals surface area contributed by atoms with Crippen molar-refractivity contribution in [1.82, 2.24) is 10.6 Å². The molecule has 4 N–H and O–H groups in total. The van der Waals surface area contributed by atoms with Crippen LogP contribution in [-0.2, 0) is 17.8 Å². The van der Waals surface area contributed by atoms with Crippen molar-refractivity contribution >= 4 is 29.2 Å². The van der Waals surface area contributed by atoms with Crippen molar-refractivity contribution in [3.8, 4) is 16.9 Å². The summed E-state index contributed by atoms with van der Waals surface area (Å²) in [4.78, 5) is 39.2. The van der Waals surface area contributed by atoms with E-state index in [0.29, 0.717) is 28.8 Å². The van der Waals surface area contributed by atoms with Gasteiger partial charge in [-0.2, -0.15) is 0 Å². The Labute approximate surface area is 292 Å². The first-order valence-corrected chi connectivity index (χ1v) is 16.6. The third-order valence-electron chi connectivity index (χ3n) is 9.05. The molecule has 6 rings (SSSR count). The van der Waals surface area contributed by atoms with Crippen LogP contribution in [0, 0.1) is 0 Å². The van der Waals surface area contributed by atoms with Crippen molar-refractivity contribution in [2.24, 2.45) is 0 Å². The molecule has 0 aromatic heterocycles. The highest BCUT2D eigenvalue weighted by molar-refractivity contribution is 5.95. The predicted octanol–water partition coefficient (Wildman–Crippen LogP) is 7.40. The molecular weight excluding hydrogens is 663 g/mol. The number of carboxylic acids is 1. The molecule has 4 aromatic rings. The van der Waals surface area contributed by atoms with Gasteiger partial charge in [0.1, 0.15) is 5.75 Å². The lowest BCUT2D eigenvalue weighted by atomic mass is 9.82. The zero-order chi connectivity index (χ0) is 36.1. The number of aliphatic hydroxyl groups excluding tert-OH is 1. The molecule has 4 aromatic carbocycles. The molecule has 264 valence electrons. The number of rotatable bonds is 10. The molecule has 0 aliphatic heterocycles. The van der Waals surface area contributed by atoms with E-state index < -0.39 is 43.0 Å². The summed E-state index contributed by atoms with van der Waals surface area (Å²) in [5.41, 5.74) is 6.76. The zero-order valence-electron chi connectivity index (χ0n) is 27.5. The number of carbonyl (C=O) groups is 3. The van der Waals surface area contributed by atoms with Gasteiger partial charge >= 0.3 is 18.4 Å². The average Bonchev–Trinajstić information content (AvgIpc) is 3.13. The normalized spacial score (nSPS) is 15.8. The van der Waals surface area contributed by atoms with Crippen molar-refractivity contribution in [2.45, 2.75) is 57.2 Å². The molecule has 0 fully saturated rings. The van der Waals surface area contributed by atoms with Crippen molar-refractivity contribution in [3.05, 3.63) is 125 Å². The van der Waals surface area contributed by atoms with Crippen LogP contribution in [0.5, 0.6) is 5.75 Å². The number of halogens is 3. The number of amides is 3. The van der Waals surface area contributed by atoms with Crippen LogP contribution < -0.4 is 20.3 Å². The van der Waals surface area contributed by atoms with E-state index in [4.69, 9.17) is 5.11 Å². The fraction of sp³-hybridized carbons (Fsp3) is 0.256. The lowest BCUT2D eigenvalue weighted by Gasteiger charge is -2.32. The van der Waals surface area contributed by atoms with Crippen molar-refractivity contribution in [3.63, 3.8) is 0 Å². The molecule has 2 aliphatic carbocycles. The Kier molecular flexibility index (Phi) is 10.4. The molecule has 2 aliphatic rings. The number of ether oxygens (including phenoxy) is 1. The third kappa shape index (κ3) is 8.58. The largest absolute Gasteiger partial charge is 0.573 e. The van der Waals surface area contributed by atoms with Crippen LogP contribution in [0.15, 0.2) is 97.1 Å². The Hall–Kier alpha value is -5.62. The first-order valence-electron chi connectivity index (χ1n) is 16.6. The number of hydrogen-bond donors (Lipinski definition) is 4. The molecule has 0 saturated carbocycles. The maximum Gasteiger partial charge on any atom is 0.573 e. The number of urea groups is 1. The molecule has 0 heterocycles. The fourth-order valence-electron chi connectivity index (χ4n) is 6.47. The molecule has 3 amide bonds. The molecule has 0 radical (unpaired) electrons. The lowest BCUT2D eigenvalue weighted by molar-refractivity contribution is -0.274. The van der Waals surface area contributed by atoms with Gasteiger partial charge in [0.15, 0.2) is 6.10 Å². The van der Waals surface area contributed by atoms with E-state index in [2.05, 4.69) is 21.4 Å². The van der Waals surface area contributed by atoms with E-state index >= 15 is 0 Å². The molecule has 1 unspecified atom stereocenters. The van der Waals surface area contributed by atoms with Gasteiger partial charge < -0.3 is 25.6 Å². The molecule has 12 heteroatoms. The predicted molar refractivity (Wildman–Crippen MR) is 185 cm³/mol. The first-order chi connectivity index (χ1) is 24.4. The van der Waals surface area contributed by atoms with Gasteiger partial charge in [-0.1, -0.05) is 60.7 Å². The maximum atomic E-state index is 14.2. The van der Waals surface area contributed by atoms with Crippen molar-refractivity contribution in [1.29, 1.82) is 0 Å². The van der Waals surface area contributed by atoms with Gasteiger partial charge in [0, 0.05) is 11.3 Å². The molecule has 0 bridgehead atoms. The van der Waals surface area contributed by atoms with Crippen LogP contribution >= 0.6 is 0 Å². The monoisotopic (exact) mass is 699 g/mol. The number of fused-ring (bicyclic) bond motifs is 3. The maximum absolute atomic E-state index is 14.2. The van der Waals surface area contributed by atoms with E-state index in [9.17, 15) is 32.7 Å². The lowest BCUT2D eigenvalue weighted by Crippen LogP contribution is -2.42. The third-order valence-corrected chi connectivity index (χ3v) is 9.05. The highest BCUT2D eigenvalue weighted by Crippen LogP contribution is 2.41. The van der Waals surface area contributed by atoms with Crippen molar-refractivity contribution < 1.29 is 42.5 Å². The summed E-state index contributed by atoms with van der Waals surface area (Å²) in [6.07, 6.45) is 0.341. The van der Waals surface area contributed by atoms with E-state index in [1.807, 2.05) is 36.4 Å². The molecule has 9 nitrogen and oxygen atoms in total. The minimum atomic E-state index is -4.83. The number of hydrogen-bond acceptors (Lipinski definition) is 5. The second-order valence-electron chi connectivity index (χ2n) is 12.5. The number of alkyl halides is 3. The smallest absolute Gasteiger partial charge is 0.479 e. The van der Waals surface area contributed by atoms with Gasteiger partial charge in [0.05, 0.1) is 19.1 Å². The second kappa shape index (κ2) is 15.1. The van der Waals surface area contributed by atoms with Crippen LogP contribution in [-0.4, -0.2) is 47.1 Å². The first kappa shape index (κ1) is 35.2. The summed E-state index contributed by atoms with van der Waals surface area (Å²) >= 11 is 0. The molecule has 0 saturated heterocycles. The SMILES string of the molecule is O=C(NC[C@@H](O)C(=O)O)c1ccc(CN(C(=O)NC2Cc3ccc(OC(F)(F)F)cc3-c3ccccc32)c2ccc(C3=CCCCC3)cc2)cc1. The molecule has 2 atom stereocenters. The van der Waals surface area contributed by atoms with E-state index in [1.54, 1.807) is 47.4 Å². The second-order valence-corrected chi connectivity index (χ2v) is 12.5. The number of nitrogens with zero attached hydrogens (tertiary/aromatic N) is 1. The highest BCUT2D eigenvalue weighted by Gasteiger charge is 2.33. The topological polar surface area (TPSA) is 128 Å². The fourth-order valence-corrected chi connectivity index (χ4v) is 6.47. The van der Waals surface area contributed by atoms with Crippen LogP contribution in [0.3, 0.4) is 0 Å². The van der Waals surface area contributed by atoms with Gasteiger partial charge in [0.2, 0.25) is 0 Å². The van der Waals surface area contributed by atoms with Crippen LogP contribution in [0.2, 0.25) is 0 Å². The van der Waals surface area contributed by atoms with Crippen LogP contribution in [0.4, 0.5) is 23.7 Å².